The number of hydrogen-bond donors (Lipinski definition) is 2. The summed E-state index contributed by atoms with van der Waals surface area (Å²) < 4.78 is 1.21. The zero-order chi connectivity index (χ0) is 13.0. The zero-order valence-electron chi connectivity index (χ0n) is 10.1. The third-order valence-electron chi connectivity index (χ3n) is 2.26. The molecule has 1 aromatic heterocycles. The van der Waals surface area contributed by atoms with Gasteiger partial charge in [-0.1, -0.05) is 11.8 Å². The Balaban J connectivity index is 2.25. The molecule has 1 aromatic carbocycles. The fourth-order valence-electron chi connectivity index (χ4n) is 1.39. The van der Waals surface area contributed by atoms with Crippen molar-refractivity contribution >= 4 is 51.7 Å². The van der Waals surface area contributed by atoms with E-state index in [9.17, 15) is 0 Å². The molecule has 6 heteroatoms. The van der Waals surface area contributed by atoms with E-state index in [-0.39, 0.29) is 0 Å². The molecule has 0 amide bonds. The lowest BCUT2D eigenvalue weighted by Gasteiger charge is -2.08. The van der Waals surface area contributed by atoms with Gasteiger partial charge in [-0.2, -0.15) is 0 Å². The second kappa shape index (κ2) is 6.24. The molecule has 0 aliphatic heterocycles. The van der Waals surface area contributed by atoms with Crippen molar-refractivity contribution in [3.05, 3.63) is 33.9 Å². The Morgan fingerprint density at radius 2 is 1.78 bits per heavy atom. The number of hydrogen-bond acceptors (Lipinski definition) is 5. The SMILES string of the molecule is CNc1cc(Nc2ccc(I)cc2)nc(SC)n1. The van der Waals surface area contributed by atoms with Gasteiger partial charge in [0.15, 0.2) is 5.16 Å². The quantitative estimate of drug-likeness (QED) is 0.488. The second-order valence-electron chi connectivity index (χ2n) is 3.51. The Labute approximate surface area is 124 Å². The highest BCUT2D eigenvalue weighted by atomic mass is 127. The molecule has 0 aliphatic carbocycles. The molecule has 2 aromatic rings. The molecule has 0 fully saturated rings. The van der Waals surface area contributed by atoms with Crippen LogP contribution in [0, 0.1) is 3.57 Å². The summed E-state index contributed by atoms with van der Waals surface area (Å²) in [4.78, 5) is 8.74. The molecule has 0 atom stereocenters. The lowest BCUT2D eigenvalue weighted by atomic mass is 10.3. The fourth-order valence-corrected chi connectivity index (χ4v) is 2.13. The van der Waals surface area contributed by atoms with Gasteiger partial charge in [0.2, 0.25) is 0 Å². The van der Waals surface area contributed by atoms with Crippen LogP contribution in [0.15, 0.2) is 35.5 Å². The summed E-state index contributed by atoms with van der Waals surface area (Å²) in [5.41, 5.74) is 1.02. The summed E-state index contributed by atoms with van der Waals surface area (Å²) in [5.74, 6) is 1.60. The Morgan fingerprint density at radius 1 is 1.11 bits per heavy atom. The first kappa shape index (κ1) is 13.4. The standard InChI is InChI=1S/C12H13IN4S/c1-14-10-7-11(17-12(16-10)18-2)15-9-5-3-8(13)4-6-9/h3-7H,1-2H3,(H2,14,15,16,17). The second-order valence-corrected chi connectivity index (χ2v) is 5.53. The first-order valence-corrected chi connectivity index (χ1v) is 7.65. The topological polar surface area (TPSA) is 49.8 Å². The summed E-state index contributed by atoms with van der Waals surface area (Å²) in [6, 6.07) is 10.1. The molecule has 4 nitrogen and oxygen atoms in total. The average molecular weight is 372 g/mol. The molecule has 94 valence electrons. The summed E-state index contributed by atoms with van der Waals surface area (Å²) in [6.07, 6.45) is 1.96. The van der Waals surface area contributed by atoms with E-state index in [1.54, 1.807) is 0 Å². The van der Waals surface area contributed by atoms with Crippen LogP contribution < -0.4 is 10.6 Å². The fraction of sp³-hybridized carbons (Fsp3) is 0.167. The number of rotatable bonds is 4. The van der Waals surface area contributed by atoms with Crippen molar-refractivity contribution in [3.63, 3.8) is 0 Å². The highest BCUT2D eigenvalue weighted by Crippen LogP contribution is 2.21. The number of benzene rings is 1. The summed E-state index contributed by atoms with van der Waals surface area (Å²) >= 11 is 3.81. The van der Waals surface area contributed by atoms with Crippen LogP contribution in [0.25, 0.3) is 0 Å². The van der Waals surface area contributed by atoms with Crippen molar-refractivity contribution in [2.24, 2.45) is 0 Å². The molecule has 2 N–H and O–H groups in total. The highest BCUT2D eigenvalue weighted by molar-refractivity contribution is 14.1. The molecule has 0 unspecified atom stereocenters. The van der Waals surface area contributed by atoms with Gasteiger partial charge in [0.05, 0.1) is 0 Å². The Morgan fingerprint density at radius 3 is 2.39 bits per heavy atom. The minimum atomic E-state index is 0.745. The lowest BCUT2D eigenvalue weighted by molar-refractivity contribution is 0.977. The van der Waals surface area contributed by atoms with Gasteiger partial charge in [-0.3, -0.25) is 0 Å². The molecule has 0 spiro atoms. The van der Waals surface area contributed by atoms with Gasteiger partial charge in [0.1, 0.15) is 11.6 Å². The van der Waals surface area contributed by atoms with Crippen LogP contribution in [-0.4, -0.2) is 23.3 Å². The Kier molecular flexibility index (Phi) is 4.65. The minimum absolute atomic E-state index is 0.745. The maximum absolute atomic E-state index is 4.42. The number of nitrogens with one attached hydrogen (secondary N) is 2. The van der Waals surface area contributed by atoms with Crippen molar-refractivity contribution in [2.75, 3.05) is 23.9 Å². The summed E-state index contributed by atoms with van der Waals surface area (Å²) in [7, 11) is 1.85. The van der Waals surface area contributed by atoms with Crippen molar-refractivity contribution < 1.29 is 0 Å². The number of nitrogens with zero attached hydrogens (tertiary/aromatic N) is 2. The van der Waals surface area contributed by atoms with Crippen LogP contribution in [0.5, 0.6) is 0 Å². The molecular weight excluding hydrogens is 359 g/mol. The minimum Gasteiger partial charge on any atom is -0.373 e. The van der Waals surface area contributed by atoms with E-state index in [4.69, 9.17) is 0 Å². The average Bonchev–Trinajstić information content (AvgIpc) is 2.41. The maximum atomic E-state index is 4.42. The zero-order valence-corrected chi connectivity index (χ0v) is 13.0. The van der Waals surface area contributed by atoms with Gasteiger partial charge in [-0.05, 0) is 53.1 Å². The van der Waals surface area contributed by atoms with Crippen molar-refractivity contribution in [1.29, 1.82) is 0 Å². The molecule has 1 heterocycles. The number of aromatic nitrogens is 2. The molecule has 0 saturated heterocycles. The Bertz CT molecular complexity index is 508. The number of thioether (sulfide) groups is 1. The van der Waals surface area contributed by atoms with Gasteiger partial charge in [0.25, 0.3) is 0 Å². The molecular formula is C12H13IN4S. The van der Waals surface area contributed by atoms with Crippen LogP contribution in [0.3, 0.4) is 0 Å². The van der Waals surface area contributed by atoms with Crippen LogP contribution in [0.1, 0.15) is 0 Å². The van der Waals surface area contributed by atoms with Crippen molar-refractivity contribution in [2.45, 2.75) is 5.16 Å². The van der Waals surface area contributed by atoms with Crippen molar-refractivity contribution in [1.82, 2.24) is 9.97 Å². The molecule has 18 heavy (non-hydrogen) atoms. The predicted octanol–water partition coefficient (Wildman–Crippen LogP) is 3.59. The van der Waals surface area contributed by atoms with E-state index in [1.165, 1.54) is 15.3 Å². The predicted molar refractivity (Wildman–Crippen MR) is 85.8 cm³/mol. The largest absolute Gasteiger partial charge is 0.373 e. The number of halogens is 1. The number of anilines is 3. The molecule has 0 bridgehead atoms. The molecule has 0 aliphatic rings. The van der Waals surface area contributed by atoms with Gasteiger partial charge in [-0.15, -0.1) is 0 Å². The van der Waals surface area contributed by atoms with Crippen molar-refractivity contribution in [3.8, 4) is 0 Å². The monoisotopic (exact) mass is 372 g/mol. The highest BCUT2D eigenvalue weighted by Gasteiger charge is 2.03. The van der Waals surface area contributed by atoms with E-state index < -0.39 is 0 Å². The first-order valence-electron chi connectivity index (χ1n) is 5.34. The third-order valence-corrected chi connectivity index (χ3v) is 3.53. The molecule has 0 radical (unpaired) electrons. The lowest BCUT2D eigenvalue weighted by Crippen LogP contribution is -2.00. The van der Waals surface area contributed by atoms with E-state index in [0.717, 1.165) is 22.5 Å². The summed E-state index contributed by atoms with van der Waals surface area (Å²) in [5, 5.41) is 7.05. The normalized spacial score (nSPS) is 10.2. The van der Waals surface area contributed by atoms with E-state index in [2.05, 4.69) is 55.3 Å². The van der Waals surface area contributed by atoms with Gasteiger partial charge in [-0.25, -0.2) is 9.97 Å². The van der Waals surface area contributed by atoms with Crippen LogP contribution >= 0.6 is 34.4 Å². The first-order chi connectivity index (χ1) is 8.71. The van der Waals surface area contributed by atoms with Crippen LogP contribution in [0.2, 0.25) is 0 Å². The smallest absolute Gasteiger partial charge is 0.191 e. The van der Waals surface area contributed by atoms with Gasteiger partial charge >= 0.3 is 0 Å². The molecule has 0 saturated carbocycles. The van der Waals surface area contributed by atoms with E-state index in [1.807, 2.05) is 31.5 Å². The maximum Gasteiger partial charge on any atom is 0.191 e. The Hall–Kier alpha value is -1.02. The van der Waals surface area contributed by atoms with E-state index in [0.29, 0.717) is 0 Å². The summed E-state index contributed by atoms with van der Waals surface area (Å²) in [6.45, 7) is 0. The van der Waals surface area contributed by atoms with Gasteiger partial charge in [0, 0.05) is 22.4 Å². The molecule has 2 rings (SSSR count). The third kappa shape index (κ3) is 3.49. The van der Waals surface area contributed by atoms with Crippen LogP contribution in [0.4, 0.5) is 17.3 Å². The van der Waals surface area contributed by atoms with Gasteiger partial charge < -0.3 is 10.6 Å². The van der Waals surface area contributed by atoms with Crippen LogP contribution in [-0.2, 0) is 0 Å². The van der Waals surface area contributed by atoms with E-state index >= 15 is 0 Å².